The van der Waals surface area contributed by atoms with Crippen LogP contribution >= 0.6 is 27.3 Å². The Morgan fingerprint density at radius 3 is 2.52 bits per heavy atom. The van der Waals surface area contributed by atoms with Crippen LogP contribution < -0.4 is 5.32 Å². The number of thiophene rings is 1. The molecule has 0 spiro atoms. The third kappa shape index (κ3) is 4.76. The van der Waals surface area contributed by atoms with Gasteiger partial charge in [-0.05, 0) is 47.8 Å². The van der Waals surface area contributed by atoms with E-state index in [1.165, 1.54) is 15.6 Å². The van der Waals surface area contributed by atoms with Crippen molar-refractivity contribution in [1.29, 1.82) is 0 Å². The van der Waals surface area contributed by atoms with Crippen molar-refractivity contribution in [1.82, 2.24) is 9.62 Å². The van der Waals surface area contributed by atoms with Gasteiger partial charge in [0.05, 0.1) is 3.79 Å². The van der Waals surface area contributed by atoms with Gasteiger partial charge >= 0.3 is 0 Å². The van der Waals surface area contributed by atoms with Crippen molar-refractivity contribution in [3.63, 3.8) is 0 Å². The molecule has 1 aromatic rings. The topological polar surface area (TPSA) is 49.4 Å². The summed E-state index contributed by atoms with van der Waals surface area (Å²) in [5, 5.41) is 3.29. The monoisotopic (exact) mass is 396 g/mol. The maximum Gasteiger partial charge on any atom is 0.245 e. The van der Waals surface area contributed by atoms with E-state index >= 15 is 0 Å². The molecular weight excluding hydrogens is 372 g/mol. The molecular formula is C14H25BrN2O2S2. The van der Waals surface area contributed by atoms with Crippen molar-refractivity contribution in [2.45, 2.75) is 51.6 Å². The van der Waals surface area contributed by atoms with E-state index in [0.717, 1.165) is 17.8 Å². The normalized spacial score (nSPS) is 14.1. The molecule has 21 heavy (non-hydrogen) atoms. The first kappa shape index (κ1) is 19.1. The van der Waals surface area contributed by atoms with Gasteiger partial charge in [-0.25, -0.2) is 8.42 Å². The van der Waals surface area contributed by atoms with Crippen LogP contribution in [0.4, 0.5) is 0 Å². The fourth-order valence-corrected chi connectivity index (χ4v) is 5.94. The summed E-state index contributed by atoms with van der Waals surface area (Å²) >= 11 is 4.88. The standard InChI is InChI=1S/C14H25BrN2O2S2/c1-6-7-16-9-12-8-13(14(15)20-12)21(18,19)17(5)11(4)10(2)3/h8,10-11,16H,6-7,9H2,1-5H3. The number of hydrogen-bond acceptors (Lipinski definition) is 4. The van der Waals surface area contributed by atoms with E-state index in [4.69, 9.17) is 0 Å². The summed E-state index contributed by atoms with van der Waals surface area (Å²) in [5.41, 5.74) is 0. The molecule has 0 bridgehead atoms. The third-order valence-corrected chi connectivity index (χ3v) is 7.82. The molecule has 0 aliphatic heterocycles. The van der Waals surface area contributed by atoms with Crippen LogP contribution in [0, 0.1) is 5.92 Å². The fraction of sp³-hybridized carbons (Fsp3) is 0.714. The Labute approximate surface area is 141 Å². The van der Waals surface area contributed by atoms with Gasteiger partial charge in [-0.15, -0.1) is 11.3 Å². The largest absolute Gasteiger partial charge is 0.312 e. The molecule has 1 rings (SSSR count). The molecule has 4 nitrogen and oxygen atoms in total. The number of rotatable bonds is 8. The Kier molecular flexibility index (Phi) is 7.33. The van der Waals surface area contributed by atoms with Gasteiger partial charge in [0.1, 0.15) is 4.90 Å². The summed E-state index contributed by atoms with van der Waals surface area (Å²) in [6.07, 6.45) is 1.06. The molecule has 0 amide bonds. The van der Waals surface area contributed by atoms with Gasteiger partial charge in [-0.2, -0.15) is 4.31 Å². The van der Waals surface area contributed by atoms with Crippen LogP contribution in [0.1, 0.15) is 39.0 Å². The maximum atomic E-state index is 12.7. The van der Waals surface area contributed by atoms with Gasteiger partial charge in [-0.1, -0.05) is 20.8 Å². The zero-order chi connectivity index (χ0) is 16.2. The van der Waals surface area contributed by atoms with Crippen LogP contribution in [0.2, 0.25) is 0 Å². The molecule has 0 radical (unpaired) electrons. The van der Waals surface area contributed by atoms with Crippen molar-refractivity contribution in [2.75, 3.05) is 13.6 Å². The van der Waals surface area contributed by atoms with Crippen molar-refractivity contribution in [2.24, 2.45) is 5.92 Å². The van der Waals surface area contributed by atoms with Crippen molar-refractivity contribution in [3.8, 4) is 0 Å². The third-order valence-electron chi connectivity index (χ3n) is 3.63. The number of nitrogens with zero attached hydrogens (tertiary/aromatic N) is 1. The number of hydrogen-bond donors (Lipinski definition) is 1. The highest BCUT2D eigenvalue weighted by Crippen LogP contribution is 2.34. The van der Waals surface area contributed by atoms with Gasteiger partial charge in [0.15, 0.2) is 0 Å². The van der Waals surface area contributed by atoms with Crippen LogP contribution in [0.25, 0.3) is 0 Å². The molecule has 0 aliphatic carbocycles. The van der Waals surface area contributed by atoms with Gasteiger partial charge in [0, 0.05) is 24.5 Å². The SMILES string of the molecule is CCCNCc1cc(S(=O)(=O)N(C)C(C)C(C)C)c(Br)s1. The van der Waals surface area contributed by atoms with E-state index in [0.29, 0.717) is 15.2 Å². The molecule has 0 aromatic carbocycles. The van der Waals surface area contributed by atoms with Crippen LogP contribution in [-0.2, 0) is 16.6 Å². The molecule has 1 atom stereocenters. The highest BCUT2D eigenvalue weighted by atomic mass is 79.9. The van der Waals surface area contributed by atoms with Gasteiger partial charge < -0.3 is 5.32 Å². The molecule has 1 unspecified atom stereocenters. The smallest absolute Gasteiger partial charge is 0.245 e. The fourth-order valence-electron chi connectivity index (χ4n) is 1.84. The van der Waals surface area contributed by atoms with E-state index in [1.54, 1.807) is 13.1 Å². The first-order chi connectivity index (χ1) is 9.71. The molecule has 1 aromatic heterocycles. The Morgan fingerprint density at radius 2 is 2.00 bits per heavy atom. The minimum absolute atomic E-state index is 0.0385. The lowest BCUT2D eigenvalue weighted by atomic mass is 10.1. The molecule has 122 valence electrons. The molecule has 0 fully saturated rings. The summed E-state index contributed by atoms with van der Waals surface area (Å²) in [5.74, 6) is 0.271. The van der Waals surface area contributed by atoms with Gasteiger partial charge in [0.2, 0.25) is 10.0 Å². The molecule has 1 heterocycles. The second-order valence-electron chi connectivity index (χ2n) is 5.53. The number of halogens is 1. The van der Waals surface area contributed by atoms with Crippen molar-refractivity contribution in [3.05, 3.63) is 14.7 Å². The van der Waals surface area contributed by atoms with E-state index in [-0.39, 0.29) is 12.0 Å². The summed E-state index contributed by atoms with van der Waals surface area (Å²) in [7, 11) is -1.80. The zero-order valence-corrected chi connectivity index (χ0v) is 16.5. The average molecular weight is 397 g/mol. The minimum Gasteiger partial charge on any atom is -0.312 e. The quantitative estimate of drug-likeness (QED) is 0.681. The van der Waals surface area contributed by atoms with E-state index in [9.17, 15) is 8.42 Å². The van der Waals surface area contributed by atoms with Crippen LogP contribution in [0.5, 0.6) is 0 Å². The second kappa shape index (κ2) is 8.06. The Balaban J connectivity index is 2.98. The van der Waals surface area contributed by atoms with Gasteiger partial charge in [0.25, 0.3) is 0 Å². The van der Waals surface area contributed by atoms with Crippen LogP contribution in [0.3, 0.4) is 0 Å². The first-order valence-electron chi connectivity index (χ1n) is 7.18. The molecule has 0 saturated carbocycles. The summed E-state index contributed by atoms with van der Waals surface area (Å²) in [6.45, 7) is 9.73. The predicted molar refractivity (Wildman–Crippen MR) is 93.3 cm³/mol. The number of nitrogens with one attached hydrogen (secondary N) is 1. The highest BCUT2D eigenvalue weighted by Gasteiger charge is 2.30. The van der Waals surface area contributed by atoms with E-state index < -0.39 is 10.0 Å². The lowest BCUT2D eigenvalue weighted by Gasteiger charge is -2.26. The van der Waals surface area contributed by atoms with Crippen LogP contribution in [0.15, 0.2) is 14.7 Å². The highest BCUT2D eigenvalue weighted by molar-refractivity contribution is 9.11. The Bertz CT molecular complexity index is 555. The first-order valence-corrected chi connectivity index (χ1v) is 10.2. The van der Waals surface area contributed by atoms with Crippen LogP contribution in [-0.4, -0.2) is 32.4 Å². The Morgan fingerprint density at radius 1 is 1.38 bits per heavy atom. The van der Waals surface area contributed by atoms with Gasteiger partial charge in [-0.3, -0.25) is 0 Å². The molecule has 7 heteroatoms. The molecule has 1 N–H and O–H groups in total. The predicted octanol–water partition coefficient (Wildman–Crippen LogP) is 3.68. The average Bonchev–Trinajstić information content (AvgIpc) is 2.79. The summed E-state index contributed by atoms with van der Waals surface area (Å²) in [4.78, 5) is 1.40. The lowest BCUT2D eigenvalue weighted by molar-refractivity contribution is 0.315. The van der Waals surface area contributed by atoms with Crippen molar-refractivity contribution >= 4 is 37.3 Å². The van der Waals surface area contributed by atoms with Crippen molar-refractivity contribution < 1.29 is 8.42 Å². The Hall–Kier alpha value is 0.0500. The van der Waals surface area contributed by atoms with E-state index in [1.807, 2.05) is 20.8 Å². The lowest BCUT2D eigenvalue weighted by Crippen LogP contribution is -2.38. The minimum atomic E-state index is -3.45. The van der Waals surface area contributed by atoms with E-state index in [2.05, 4.69) is 28.2 Å². The second-order valence-corrected chi connectivity index (χ2v) is 9.95. The zero-order valence-electron chi connectivity index (χ0n) is 13.3. The molecule has 0 aliphatic rings. The summed E-state index contributed by atoms with van der Waals surface area (Å²) in [6, 6.07) is 1.74. The number of sulfonamides is 1. The maximum absolute atomic E-state index is 12.7. The summed E-state index contributed by atoms with van der Waals surface area (Å²) < 4.78 is 27.6. The molecule has 0 saturated heterocycles.